The molecule has 0 radical (unpaired) electrons. The molecule has 18 heavy (non-hydrogen) atoms. The first-order valence-corrected chi connectivity index (χ1v) is 9.14. The summed E-state index contributed by atoms with van der Waals surface area (Å²) in [6.45, 7) is 10.4. The number of hydrogen-bond donors (Lipinski definition) is 0. The molecular weight excluding hydrogens is 243 g/mol. The average Bonchev–Trinajstić information content (AvgIpc) is 2.56. The molecule has 1 atom stereocenters. The monoisotopic (exact) mass is 262 g/mol. The fraction of sp³-hybridized carbons (Fsp3) is 0.333. The van der Waals surface area contributed by atoms with Crippen LogP contribution in [0, 0.1) is 5.82 Å². The Kier molecular flexibility index (Phi) is 3.55. The minimum atomic E-state index is -1.80. The lowest BCUT2D eigenvalue weighted by Crippen LogP contribution is -2.28. The van der Waals surface area contributed by atoms with Crippen molar-refractivity contribution in [3.8, 4) is 0 Å². The van der Waals surface area contributed by atoms with E-state index in [2.05, 4.69) is 26.6 Å². The van der Waals surface area contributed by atoms with E-state index in [-0.39, 0.29) is 11.9 Å². The molecule has 0 bridgehead atoms. The van der Waals surface area contributed by atoms with Gasteiger partial charge in [-0.15, -0.1) is 0 Å². The van der Waals surface area contributed by atoms with E-state index in [0.29, 0.717) is 0 Å². The summed E-state index contributed by atoms with van der Waals surface area (Å²) in [6.07, 6.45) is 3.11. The van der Waals surface area contributed by atoms with Crippen LogP contribution in [0.1, 0.15) is 18.9 Å². The Bertz CT molecular complexity index is 488. The third-order valence-electron chi connectivity index (χ3n) is 3.40. The zero-order chi connectivity index (χ0) is 13.3. The van der Waals surface area contributed by atoms with Crippen LogP contribution in [0.25, 0.3) is 5.57 Å². The fourth-order valence-electron chi connectivity index (χ4n) is 2.63. The maximum absolute atomic E-state index is 13.0. The van der Waals surface area contributed by atoms with Gasteiger partial charge in [0.25, 0.3) is 0 Å². The molecule has 0 aromatic heterocycles. The predicted molar refractivity (Wildman–Crippen MR) is 76.2 cm³/mol. The van der Waals surface area contributed by atoms with Crippen molar-refractivity contribution < 1.29 is 8.82 Å². The molecule has 1 nitrogen and oxygen atoms in total. The number of halogens is 1. The molecule has 1 aliphatic heterocycles. The lowest BCUT2D eigenvalue weighted by Gasteiger charge is -2.19. The van der Waals surface area contributed by atoms with Gasteiger partial charge < -0.3 is 4.43 Å². The van der Waals surface area contributed by atoms with Crippen molar-refractivity contribution in [3.63, 3.8) is 0 Å². The van der Waals surface area contributed by atoms with Gasteiger partial charge in [-0.25, -0.2) is 4.39 Å². The third kappa shape index (κ3) is 2.47. The van der Waals surface area contributed by atoms with Gasteiger partial charge in [0, 0.05) is 6.10 Å². The quantitative estimate of drug-likeness (QED) is 0.721. The topological polar surface area (TPSA) is 9.23 Å². The Balaban J connectivity index is 2.50. The van der Waals surface area contributed by atoms with E-state index in [0.717, 1.165) is 17.6 Å². The van der Waals surface area contributed by atoms with E-state index in [1.165, 1.54) is 17.3 Å². The summed E-state index contributed by atoms with van der Waals surface area (Å²) in [5, 5.41) is 1.37. The Morgan fingerprint density at radius 2 is 2.00 bits per heavy atom. The summed E-state index contributed by atoms with van der Waals surface area (Å²) in [7, 11) is -1.80. The van der Waals surface area contributed by atoms with Crippen LogP contribution in [0.5, 0.6) is 0 Å². The van der Waals surface area contributed by atoms with E-state index in [1.54, 1.807) is 0 Å². The molecule has 0 spiro atoms. The fourth-order valence-corrected chi connectivity index (χ4v) is 5.53. The van der Waals surface area contributed by atoms with Crippen LogP contribution in [-0.4, -0.2) is 14.4 Å². The summed E-state index contributed by atoms with van der Waals surface area (Å²) in [5.41, 5.74) is 2.15. The molecule has 1 aromatic carbocycles. The summed E-state index contributed by atoms with van der Waals surface area (Å²) in [6, 6.07) is 6.61. The first kappa shape index (κ1) is 13.2. The second-order valence-electron chi connectivity index (χ2n) is 5.25. The van der Waals surface area contributed by atoms with Crippen molar-refractivity contribution in [1.29, 1.82) is 0 Å². The first-order valence-electron chi connectivity index (χ1n) is 6.24. The molecule has 3 heteroatoms. The van der Waals surface area contributed by atoms with Crippen LogP contribution in [0.15, 0.2) is 42.1 Å². The largest absolute Gasteiger partial charge is 0.410 e. The van der Waals surface area contributed by atoms with Gasteiger partial charge >= 0.3 is 0 Å². The summed E-state index contributed by atoms with van der Waals surface area (Å²) >= 11 is 0. The lowest BCUT2D eigenvalue weighted by molar-refractivity contribution is 0.246. The molecule has 0 amide bonds. The third-order valence-corrected chi connectivity index (χ3v) is 6.32. The van der Waals surface area contributed by atoms with E-state index in [1.807, 2.05) is 18.2 Å². The zero-order valence-corrected chi connectivity index (χ0v) is 12.2. The zero-order valence-electron chi connectivity index (χ0n) is 11.2. The van der Waals surface area contributed by atoms with Crippen molar-refractivity contribution in [3.05, 3.63) is 53.5 Å². The molecule has 1 heterocycles. The number of hydrogen-bond acceptors (Lipinski definition) is 1. The van der Waals surface area contributed by atoms with Crippen LogP contribution in [0.2, 0.25) is 13.1 Å². The highest BCUT2D eigenvalue weighted by molar-refractivity contribution is 6.80. The molecule has 1 saturated heterocycles. The SMILES string of the molecule is C=C/C(=C1/CC(C)O[Si]1(C)C)c1ccc(F)cc1. The van der Waals surface area contributed by atoms with Crippen LogP contribution >= 0.6 is 0 Å². The summed E-state index contributed by atoms with van der Waals surface area (Å²) < 4.78 is 19.0. The molecule has 0 aliphatic carbocycles. The van der Waals surface area contributed by atoms with Crippen molar-refractivity contribution in [1.82, 2.24) is 0 Å². The summed E-state index contributed by atoms with van der Waals surface area (Å²) in [5.74, 6) is -0.209. The van der Waals surface area contributed by atoms with E-state index < -0.39 is 8.32 Å². The van der Waals surface area contributed by atoms with E-state index in [9.17, 15) is 4.39 Å². The van der Waals surface area contributed by atoms with Gasteiger partial charge in [-0.05, 0) is 54.9 Å². The van der Waals surface area contributed by atoms with Crippen molar-refractivity contribution in [2.75, 3.05) is 0 Å². The van der Waals surface area contributed by atoms with E-state index in [4.69, 9.17) is 4.43 Å². The highest BCUT2D eigenvalue weighted by Gasteiger charge is 2.38. The normalized spacial score (nSPS) is 25.0. The maximum Gasteiger partial charge on any atom is 0.215 e. The smallest absolute Gasteiger partial charge is 0.215 e. The molecule has 1 unspecified atom stereocenters. The number of allylic oxidation sites excluding steroid dienone is 2. The molecular formula is C15H19FOSi. The Hall–Kier alpha value is -1.19. The van der Waals surface area contributed by atoms with Gasteiger partial charge in [0.1, 0.15) is 5.82 Å². The Morgan fingerprint density at radius 3 is 2.44 bits per heavy atom. The lowest BCUT2D eigenvalue weighted by atomic mass is 10.0. The highest BCUT2D eigenvalue weighted by atomic mass is 28.4. The van der Waals surface area contributed by atoms with Gasteiger partial charge in [0.05, 0.1) is 0 Å². The van der Waals surface area contributed by atoms with Crippen molar-refractivity contribution in [2.24, 2.45) is 0 Å². The summed E-state index contributed by atoms with van der Waals surface area (Å²) in [4.78, 5) is 0. The molecule has 0 saturated carbocycles. The number of rotatable bonds is 2. The molecule has 1 fully saturated rings. The second kappa shape index (κ2) is 4.82. The molecule has 2 rings (SSSR count). The Labute approximate surface area is 109 Å². The average molecular weight is 262 g/mol. The van der Waals surface area contributed by atoms with Crippen LogP contribution in [0.3, 0.4) is 0 Å². The molecule has 1 aromatic rings. The van der Waals surface area contributed by atoms with Gasteiger partial charge in [0.2, 0.25) is 8.32 Å². The first-order chi connectivity index (χ1) is 8.44. The van der Waals surface area contributed by atoms with Crippen molar-refractivity contribution in [2.45, 2.75) is 32.5 Å². The molecule has 1 aliphatic rings. The Morgan fingerprint density at radius 1 is 1.39 bits per heavy atom. The van der Waals surface area contributed by atoms with Crippen LogP contribution < -0.4 is 0 Å². The predicted octanol–water partition coefficient (Wildman–Crippen LogP) is 4.32. The van der Waals surface area contributed by atoms with Gasteiger partial charge in [-0.1, -0.05) is 24.8 Å². The van der Waals surface area contributed by atoms with Crippen LogP contribution in [0.4, 0.5) is 4.39 Å². The van der Waals surface area contributed by atoms with Crippen molar-refractivity contribution >= 4 is 13.9 Å². The molecule has 0 N–H and O–H groups in total. The second-order valence-corrected chi connectivity index (χ2v) is 9.11. The van der Waals surface area contributed by atoms with Gasteiger partial charge in [0.15, 0.2) is 0 Å². The minimum absolute atomic E-state index is 0.209. The minimum Gasteiger partial charge on any atom is -0.410 e. The van der Waals surface area contributed by atoms with E-state index >= 15 is 0 Å². The highest BCUT2D eigenvalue weighted by Crippen LogP contribution is 2.37. The maximum atomic E-state index is 13.0. The van der Waals surface area contributed by atoms with Gasteiger partial charge in [-0.2, -0.15) is 0 Å². The van der Waals surface area contributed by atoms with Gasteiger partial charge in [-0.3, -0.25) is 0 Å². The van der Waals surface area contributed by atoms with Crippen LogP contribution in [-0.2, 0) is 4.43 Å². The number of benzene rings is 1. The standard InChI is InChI=1S/C15H19FOSi/c1-5-14(12-6-8-13(16)9-7-12)15-10-11(2)17-18(15,3)4/h5-9,11H,1,10H2,2-4H3/b15-14+. The molecule has 96 valence electrons.